The number of allylic oxidation sites excluding steroid dienone is 4. The molecule has 0 aromatic rings. The second-order valence-corrected chi connectivity index (χ2v) is 17.1. The maximum absolute atomic E-state index is 12.6. The Morgan fingerprint density at radius 1 is 0.581 bits per heavy atom. The quantitative estimate of drug-likeness (QED) is 0.0265. The van der Waals surface area contributed by atoms with Gasteiger partial charge in [-0.05, 0) is 122 Å². The van der Waals surface area contributed by atoms with E-state index in [9.17, 15) is 19.2 Å². The number of carbonyl (C=O) groups is 4. The van der Waals surface area contributed by atoms with Gasteiger partial charge in [-0.15, -0.1) is 0 Å². The van der Waals surface area contributed by atoms with Crippen molar-refractivity contribution >= 4 is 23.8 Å². The van der Waals surface area contributed by atoms with Gasteiger partial charge in [0.05, 0.1) is 26.2 Å². The summed E-state index contributed by atoms with van der Waals surface area (Å²) in [6.45, 7) is 11.9. The highest BCUT2D eigenvalue weighted by molar-refractivity contribution is 5.94. The zero-order chi connectivity index (χ0) is 45.0. The fraction of sp³-hybridized carbons (Fsp3) is 0.843. The van der Waals surface area contributed by atoms with Gasteiger partial charge >= 0.3 is 11.9 Å². The molecule has 0 aromatic carbocycles. The van der Waals surface area contributed by atoms with Crippen LogP contribution in [0.3, 0.4) is 0 Å². The van der Waals surface area contributed by atoms with Crippen molar-refractivity contribution in [3.05, 3.63) is 24.3 Å². The molecule has 0 radical (unpaired) electrons. The van der Waals surface area contributed by atoms with Crippen molar-refractivity contribution in [3.63, 3.8) is 0 Å². The van der Waals surface area contributed by atoms with Crippen molar-refractivity contribution in [2.45, 2.75) is 226 Å². The van der Waals surface area contributed by atoms with E-state index in [0.29, 0.717) is 52.1 Å². The number of hydrogen-bond acceptors (Lipinski definition) is 9. The van der Waals surface area contributed by atoms with Crippen molar-refractivity contribution in [2.24, 2.45) is 0 Å². The van der Waals surface area contributed by atoms with Crippen LogP contribution in [-0.2, 0) is 38.1 Å². The SMILES string of the molecule is CC/C=C\CCCCOC(CCC(=O)OCCCCCCN(CCCCCCCC(=O)OCCCCCCCCC)CCCCC1NC(=O)CNC1=O)OCCCC/C=C\CC. The lowest BCUT2D eigenvalue weighted by Gasteiger charge is -2.25. The molecule has 0 saturated carbocycles. The molecular weight excluding hydrogens is 783 g/mol. The lowest BCUT2D eigenvalue weighted by molar-refractivity contribution is -0.159. The molecule has 1 rings (SSSR count). The van der Waals surface area contributed by atoms with Crippen LogP contribution in [0.15, 0.2) is 24.3 Å². The number of rotatable bonds is 45. The first kappa shape index (κ1) is 57.3. The van der Waals surface area contributed by atoms with Crippen LogP contribution in [0.5, 0.6) is 0 Å². The van der Waals surface area contributed by atoms with Gasteiger partial charge < -0.3 is 34.5 Å². The van der Waals surface area contributed by atoms with Gasteiger partial charge in [0.25, 0.3) is 0 Å². The van der Waals surface area contributed by atoms with E-state index in [1.807, 2.05) is 0 Å². The number of piperazine rings is 1. The third kappa shape index (κ3) is 36.7. The maximum Gasteiger partial charge on any atom is 0.305 e. The summed E-state index contributed by atoms with van der Waals surface area (Å²) in [4.78, 5) is 51.2. The molecule has 0 aliphatic carbocycles. The van der Waals surface area contributed by atoms with Gasteiger partial charge in [0.1, 0.15) is 6.04 Å². The first-order valence-electron chi connectivity index (χ1n) is 25.5. The molecule has 1 atom stereocenters. The van der Waals surface area contributed by atoms with Crippen LogP contribution >= 0.6 is 0 Å². The smallest absolute Gasteiger partial charge is 0.305 e. The standard InChI is InChI=1S/C51H93N3O8/c1-4-7-10-13-16-23-30-41-59-48(56)35-25-18-17-19-27-38-54(40-29-26-34-46-51(58)52-45-47(55)53-46)39-28-20-24-31-42-60-49(57)36-37-50(61-43-32-21-14-11-8-5-2)62-44-33-22-15-12-9-6-3/h8-9,11-12,46,50H,4-7,10,13-45H2,1-3H3,(H,52,58)(H,53,55)/b11-8-,12-9-. The van der Waals surface area contributed by atoms with Gasteiger partial charge in [0, 0.05) is 26.1 Å². The van der Waals surface area contributed by atoms with Gasteiger partial charge in [-0.25, -0.2) is 0 Å². The fourth-order valence-electron chi connectivity index (χ4n) is 7.50. The molecule has 1 saturated heterocycles. The normalized spacial score (nSPS) is 14.4. The molecule has 11 heteroatoms. The third-order valence-corrected chi connectivity index (χ3v) is 11.3. The van der Waals surface area contributed by atoms with Crippen molar-refractivity contribution in [3.8, 4) is 0 Å². The van der Waals surface area contributed by atoms with E-state index in [1.54, 1.807) is 0 Å². The topological polar surface area (TPSA) is 132 Å². The molecular formula is C51H93N3O8. The highest BCUT2D eigenvalue weighted by Gasteiger charge is 2.25. The van der Waals surface area contributed by atoms with Crippen LogP contribution in [0.2, 0.25) is 0 Å². The van der Waals surface area contributed by atoms with Crippen LogP contribution in [0.1, 0.15) is 213 Å². The summed E-state index contributed by atoms with van der Waals surface area (Å²) in [7, 11) is 0. The summed E-state index contributed by atoms with van der Waals surface area (Å²) < 4.78 is 23.2. The Bertz CT molecular complexity index is 1120. The zero-order valence-corrected chi connectivity index (χ0v) is 40.0. The molecule has 360 valence electrons. The summed E-state index contributed by atoms with van der Waals surface area (Å²) in [5.74, 6) is -0.454. The maximum atomic E-state index is 12.6. The number of esters is 2. The summed E-state index contributed by atoms with van der Waals surface area (Å²) in [5, 5.41) is 5.49. The first-order chi connectivity index (χ1) is 30.4. The lowest BCUT2D eigenvalue weighted by atomic mass is 10.1. The fourth-order valence-corrected chi connectivity index (χ4v) is 7.50. The Balaban J connectivity index is 2.34. The Morgan fingerprint density at radius 3 is 1.63 bits per heavy atom. The molecule has 1 unspecified atom stereocenters. The van der Waals surface area contributed by atoms with E-state index in [1.165, 1.54) is 32.1 Å². The van der Waals surface area contributed by atoms with E-state index in [0.717, 1.165) is 154 Å². The van der Waals surface area contributed by atoms with Gasteiger partial charge in [-0.1, -0.05) is 116 Å². The minimum Gasteiger partial charge on any atom is -0.466 e. The minimum absolute atomic E-state index is 0.0560. The summed E-state index contributed by atoms with van der Waals surface area (Å²) in [6, 6.07) is -0.430. The number of amides is 2. The van der Waals surface area contributed by atoms with E-state index >= 15 is 0 Å². The van der Waals surface area contributed by atoms with Crippen LogP contribution in [0, 0.1) is 0 Å². The highest BCUT2D eigenvalue weighted by atomic mass is 16.7. The molecule has 62 heavy (non-hydrogen) atoms. The molecule has 0 aromatic heterocycles. The molecule has 2 amide bonds. The van der Waals surface area contributed by atoms with Crippen LogP contribution in [0.25, 0.3) is 0 Å². The monoisotopic (exact) mass is 876 g/mol. The van der Waals surface area contributed by atoms with Crippen molar-refractivity contribution < 1.29 is 38.1 Å². The number of unbranched alkanes of at least 4 members (excludes halogenated alkanes) is 18. The van der Waals surface area contributed by atoms with Gasteiger partial charge in [0.2, 0.25) is 11.8 Å². The average Bonchev–Trinajstić information content (AvgIpc) is 3.26. The van der Waals surface area contributed by atoms with Crippen LogP contribution in [-0.4, -0.2) is 93.6 Å². The second kappa shape index (κ2) is 43.5. The molecule has 1 aliphatic rings. The average molecular weight is 876 g/mol. The molecule has 0 bridgehead atoms. The Kier molecular flexibility index (Phi) is 40.2. The van der Waals surface area contributed by atoms with Crippen LogP contribution < -0.4 is 10.6 Å². The lowest BCUT2D eigenvalue weighted by Crippen LogP contribution is -2.56. The first-order valence-corrected chi connectivity index (χ1v) is 25.5. The number of nitrogens with zero attached hydrogens (tertiary/aromatic N) is 1. The number of ether oxygens (including phenoxy) is 4. The van der Waals surface area contributed by atoms with E-state index in [2.05, 4.69) is 60.6 Å². The summed E-state index contributed by atoms with van der Waals surface area (Å²) >= 11 is 0. The molecule has 1 aliphatic heterocycles. The Morgan fingerprint density at radius 2 is 1.06 bits per heavy atom. The zero-order valence-electron chi connectivity index (χ0n) is 40.0. The van der Waals surface area contributed by atoms with Crippen LogP contribution in [0.4, 0.5) is 0 Å². The molecule has 0 spiro atoms. The number of hydrogen-bond donors (Lipinski definition) is 2. The third-order valence-electron chi connectivity index (χ3n) is 11.3. The van der Waals surface area contributed by atoms with Gasteiger partial charge in [-0.3, -0.25) is 19.2 Å². The highest BCUT2D eigenvalue weighted by Crippen LogP contribution is 2.14. The van der Waals surface area contributed by atoms with Gasteiger partial charge in [-0.2, -0.15) is 0 Å². The number of nitrogens with one attached hydrogen (secondary N) is 2. The van der Waals surface area contributed by atoms with E-state index in [-0.39, 0.29) is 36.6 Å². The summed E-state index contributed by atoms with van der Waals surface area (Å²) in [5.41, 5.74) is 0. The largest absolute Gasteiger partial charge is 0.466 e. The van der Waals surface area contributed by atoms with Crippen molar-refractivity contribution in [1.82, 2.24) is 15.5 Å². The number of carbonyl (C=O) groups excluding carboxylic acids is 4. The second-order valence-electron chi connectivity index (χ2n) is 17.1. The van der Waals surface area contributed by atoms with E-state index in [4.69, 9.17) is 18.9 Å². The Hall–Kier alpha value is -2.76. The Labute approximate surface area is 379 Å². The van der Waals surface area contributed by atoms with Crippen molar-refractivity contribution in [1.29, 1.82) is 0 Å². The van der Waals surface area contributed by atoms with Crippen molar-refractivity contribution in [2.75, 3.05) is 52.6 Å². The summed E-state index contributed by atoms with van der Waals surface area (Å²) in [6.07, 6.45) is 38.5. The molecule has 11 nitrogen and oxygen atoms in total. The van der Waals surface area contributed by atoms with Gasteiger partial charge in [0.15, 0.2) is 6.29 Å². The minimum atomic E-state index is -0.430. The predicted molar refractivity (Wildman–Crippen MR) is 253 cm³/mol. The van der Waals surface area contributed by atoms with E-state index < -0.39 is 6.04 Å². The molecule has 1 fully saturated rings. The molecule has 1 heterocycles. The predicted octanol–water partition coefficient (Wildman–Crippen LogP) is 11.2. The molecule has 2 N–H and O–H groups in total.